The topological polar surface area (TPSA) is 75.6 Å². The molecule has 2 rings (SSSR count). The molecule has 5 heteroatoms. The molecule has 0 fully saturated rings. The summed E-state index contributed by atoms with van der Waals surface area (Å²) in [6.45, 7) is 8.42. The maximum atomic E-state index is 9.15. The number of hydrogen-bond donors (Lipinski definition) is 1. The number of nitriles is 1. The highest BCUT2D eigenvalue weighted by Crippen LogP contribution is 2.24. The van der Waals surface area contributed by atoms with Crippen LogP contribution in [0.4, 0.5) is 5.95 Å². The van der Waals surface area contributed by atoms with E-state index in [0.29, 0.717) is 17.0 Å². The Labute approximate surface area is 132 Å². The molecule has 0 spiro atoms. The van der Waals surface area contributed by atoms with Crippen molar-refractivity contribution in [1.29, 1.82) is 5.26 Å². The molecule has 0 aliphatic rings. The lowest BCUT2D eigenvalue weighted by Crippen LogP contribution is -2.16. The van der Waals surface area contributed by atoms with E-state index in [1.54, 1.807) is 6.07 Å². The Balaban J connectivity index is 2.56. The zero-order valence-electron chi connectivity index (χ0n) is 13.2. The molecular formula is C17H18N4Si. The minimum atomic E-state index is -1.49. The summed E-state index contributed by atoms with van der Waals surface area (Å²) >= 11 is 0. The van der Waals surface area contributed by atoms with E-state index in [0.717, 1.165) is 11.1 Å². The van der Waals surface area contributed by atoms with Crippen molar-refractivity contribution >= 4 is 14.0 Å². The molecule has 0 amide bonds. The fourth-order valence-electron chi connectivity index (χ4n) is 1.95. The molecule has 0 atom stereocenters. The Morgan fingerprint density at radius 1 is 1.18 bits per heavy atom. The van der Waals surface area contributed by atoms with Gasteiger partial charge in [-0.15, -0.1) is 5.54 Å². The van der Waals surface area contributed by atoms with Crippen molar-refractivity contribution in [2.45, 2.75) is 26.6 Å². The molecular weight excluding hydrogens is 288 g/mol. The molecule has 0 radical (unpaired) electrons. The van der Waals surface area contributed by atoms with Crippen LogP contribution in [0.5, 0.6) is 0 Å². The van der Waals surface area contributed by atoms with Crippen LogP contribution in [0, 0.1) is 29.7 Å². The van der Waals surface area contributed by atoms with Crippen LogP contribution in [0.2, 0.25) is 19.6 Å². The highest BCUT2D eigenvalue weighted by molar-refractivity contribution is 6.83. The first-order valence-corrected chi connectivity index (χ1v) is 10.5. The second-order valence-corrected chi connectivity index (χ2v) is 10.8. The quantitative estimate of drug-likeness (QED) is 0.648. The van der Waals surface area contributed by atoms with Gasteiger partial charge in [-0.3, -0.25) is 0 Å². The van der Waals surface area contributed by atoms with Gasteiger partial charge in [0.15, 0.2) is 0 Å². The zero-order valence-corrected chi connectivity index (χ0v) is 14.2. The van der Waals surface area contributed by atoms with Crippen LogP contribution < -0.4 is 5.73 Å². The van der Waals surface area contributed by atoms with Crippen LogP contribution in [0.1, 0.15) is 16.8 Å². The van der Waals surface area contributed by atoms with Crippen LogP contribution >= 0.6 is 0 Å². The van der Waals surface area contributed by atoms with E-state index in [1.807, 2.05) is 25.1 Å². The molecule has 110 valence electrons. The average Bonchev–Trinajstić information content (AvgIpc) is 2.44. The van der Waals surface area contributed by atoms with Gasteiger partial charge in [0.25, 0.3) is 0 Å². The van der Waals surface area contributed by atoms with Crippen LogP contribution in [-0.2, 0) is 0 Å². The van der Waals surface area contributed by atoms with Crippen molar-refractivity contribution in [3.05, 3.63) is 41.1 Å². The monoisotopic (exact) mass is 306 g/mol. The van der Waals surface area contributed by atoms with Gasteiger partial charge < -0.3 is 5.73 Å². The molecule has 0 aliphatic heterocycles. The predicted octanol–water partition coefficient (Wildman–Crippen LogP) is 3.13. The molecule has 2 aromatic rings. The summed E-state index contributed by atoms with van der Waals surface area (Å²) < 4.78 is 0. The van der Waals surface area contributed by atoms with Crippen molar-refractivity contribution in [2.24, 2.45) is 0 Å². The van der Waals surface area contributed by atoms with Crippen molar-refractivity contribution in [1.82, 2.24) is 9.97 Å². The van der Waals surface area contributed by atoms with Gasteiger partial charge in [0.05, 0.1) is 17.3 Å². The first-order valence-electron chi connectivity index (χ1n) is 6.98. The summed E-state index contributed by atoms with van der Waals surface area (Å²) in [5.74, 6) is 3.29. The molecule has 22 heavy (non-hydrogen) atoms. The number of benzene rings is 1. The number of hydrogen-bond acceptors (Lipinski definition) is 4. The van der Waals surface area contributed by atoms with Crippen molar-refractivity contribution in [3.8, 4) is 28.8 Å². The van der Waals surface area contributed by atoms with E-state index < -0.39 is 8.07 Å². The maximum absolute atomic E-state index is 9.15. The third-order valence-corrected chi connectivity index (χ3v) is 3.91. The SMILES string of the molecule is Cc1c(C#N)cccc1-c1cc(C#C[Si](C)(C)C)nc(N)n1. The molecule has 1 aromatic carbocycles. The molecule has 0 bridgehead atoms. The number of nitrogens with zero attached hydrogens (tertiary/aromatic N) is 3. The molecule has 4 nitrogen and oxygen atoms in total. The van der Waals surface area contributed by atoms with Crippen LogP contribution in [0.3, 0.4) is 0 Å². The van der Waals surface area contributed by atoms with Crippen molar-refractivity contribution < 1.29 is 0 Å². The highest BCUT2D eigenvalue weighted by Gasteiger charge is 2.11. The Morgan fingerprint density at radius 2 is 1.91 bits per heavy atom. The Kier molecular flexibility index (Phi) is 4.30. The molecule has 0 saturated carbocycles. The Hall–Kier alpha value is -2.63. The van der Waals surface area contributed by atoms with Crippen LogP contribution in [0.15, 0.2) is 24.3 Å². The lowest BCUT2D eigenvalue weighted by Gasteiger charge is -2.08. The molecule has 1 aromatic heterocycles. The lowest BCUT2D eigenvalue weighted by atomic mass is 10.0. The number of rotatable bonds is 1. The fourth-order valence-corrected chi connectivity index (χ4v) is 2.46. The van der Waals surface area contributed by atoms with Gasteiger partial charge in [-0.05, 0) is 24.6 Å². The summed E-state index contributed by atoms with van der Waals surface area (Å²) in [7, 11) is -1.49. The molecule has 1 heterocycles. The standard InChI is InChI=1S/C17H18N4Si/c1-12-13(11-18)6-5-7-15(12)16-10-14(20-17(19)21-16)8-9-22(2,3)4/h5-7,10H,1-4H3,(H2,19,20,21). The van der Waals surface area contributed by atoms with Gasteiger partial charge in [-0.25, -0.2) is 9.97 Å². The summed E-state index contributed by atoms with van der Waals surface area (Å²) in [5.41, 5.74) is 12.8. The van der Waals surface area contributed by atoms with Gasteiger partial charge in [-0.2, -0.15) is 5.26 Å². The second kappa shape index (κ2) is 6.01. The van der Waals surface area contributed by atoms with Gasteiger partial charge in [0.2, 0.25) is 5.95 Å². The van der Waals surface area contributed by atoms with E-state index in [2.05, 4.69) is 47.1 Å². The number of nitrogens with two attached hydrogens (primary N) is 1. The van der Waals surface area contributed by atoms with E-state index in [1.165, 1.54) is 0 Å². The predicted molar refractivity (Wildman–Crippen MR) is 91.6 cm³/mol. The van der Waals surface area contributed by atoms with E-state index in [-0.39, 0.29) is 5.95 Å². The van der Waals surface area contributed by atoms with Gasteiger partial charge in [0, 0.05) is 5.56 Å². The fraction of sp³-hybridized carbons (Fsp3) is 0.235. The summed E-state index contributed by atoms with van der Waals surface area (Å²) in [6.07, 6.45) is 0. The summed E-state index contributed by atoms with van der Waals surface area (Å²) in [5, 5.41) is 9.15. The molecule has 0 unspecified atom stereocenters. The minimum absolute atomic E-state index is 0.194. The van der Waals surface area contributed by atoms with Gasteiger partial charge >= 0.3 is 0 Å². The summed E-state index contributed by atoms with van der Waals surface area (Å²) in [4.78, 5) is 8.47. The molecule has 2 N–H and O–H groups in total. The van der Waals surface area contributed by atoms with Crippen molar-refractivity contribution in [2.75, 3.05) is 5.73 Å². The van der Waals surface area contributed by atoms with E-state index >= 15 is 0 Å². The number of nitrogen functional groups attached to an aromatic ring is 1. The number of aromatic nitrogens is 2. The van der Waals surface area contributed by atoms with E-state index in [4.69, 9.17) is 11.0 Å². The first-order chi connectivity index (χ1) is 10.3. The maximum Gasteiger partial charge on any atom is 0.221 e. The second-order valence-electron chi connectivity index (χ2n) is 6.09. The average molecular weight is 306 g/mol. The van der Waals surface area contributed by atoms with Crippen LogP contribution in [-0.4, -0.2) is 18.0 Å². The smallest absolute Gasteiger partial charge is 0.221 e. The molecule has 0 saturated heterocycles. The minimum Gasteiger partial charge on any atom is -0.368 e. The Bertz CT molecular complexity index is 817. The molecule has 0 aliphatic carbocycles. The first kappa shape index (κ1) is 15.8. The number of anilines is 1. The lowest BCUT2D eigenvalue weighted by molar-refractivity contribution is 1.16. The zero-order chi connectivity index (χ0) is 16.3. The van der Waals surface area contributed by atoms with Crippen LogP contribution in [0.25, 0.3) is 11.3 Å². The Morgan fingerprint density at radius 3 is 2.55 bits per heavy atom. The third kappa shape index (κ3) is 3.72. The summed E-state index contributed by atoms with van der Waals surface area (Å²) in [6, 6.07) is 9.56. The normalized spacial score (nSPS) is 10.5. The van der Waals surface area contributed by atoms with E-state index in [9.17, 15) is 0 Å². The van der Waals surface area contributed by atoms with Gasteiger partial charge in [-0.1, -0.05) is 37.7 Å². The third-order valence-electron chi connectivity index (χ3n) is 3.04. The highest BCUT2D eigenvalue weighted by atomic mass is 28.3. The largest absolute Gasteiger partial charge is 0.368 e. The van der Waals surface area contributed by atoms with Crippen molar-refractivity contribution in [3.63, 3.8) is 0 Å². The van der Waals surface area contributed by atoms with Gasteiger partial charge in [0.1, 0.15) is 13.8 Å².